The van der Waals surface area contributed by atoms with Crippen LogP contribution in [0, 0.1) is 0 Å². The van der Waals surface area contributed by atoms with E-state index in [4.69, 9.17) is 11.6 Å². The molecule has 164 valence electrons. The third kappa shape index (κ3) is 5.26. The number of thiophene rings is 1. The fraction of sp³-hybridized carbons (Fsp3) is 0.318. The zero-order chi connectivity index (χ0) is 22.8. The van der Waals surface area contributed by atoms with Crippen molar-refractivity contribution < 1.29 is 14.7 Å². The summed E-state index contributed by atoms with van der Waals surface area (Å²) in [7, 11) is 1.81. The second kappa shape index (κ2) is 9.11. The number of halogens is 1. The van der Waals surface area contributed by atoms with Crippen LogP contribution in [0.5, 0.6) is 0 Å². The zero-order valence-corrected chi connectivity index (χ0v) is 19.4. The molecule has 7 nitrogen and oxygen atoms in total. The van der Waals surface area contributed by atoms with Crippen LogP contribution in [0.3, 0.4) is 0 Å². The molecule has 0 radical (unpaired) electrons. The monoisotopic (exact) mass is 460 g/mol. The number of hydrogen-bond acceptors (Lipinski definition) is 4. The molecule has 0 aliphatic rings. The van der Waals surface area contributed by atoms with Crippen LogP contribution < -0.4 is 5.32 Å². The Hall–Kier alpha value is -2.84. The summed E-state index contributed by atoms with van der Waals surface area (Å²) in [6.07, 6.45) is 0.627. The van der Waals surface area contributed by atoms with Gasteiger partial charge in [0.05, 0.1) is 16.6 Å². The summed E-state index contributed by atoms with van der Waals surface area (Å²) in [5.41, 5.74) is 1.74. The van der Waals surface area contributed by atoms with E-state index >= 15 is 0 Å². The first kappa shape index (κ1) is 22.8. The molecule has 2 N–H and O–H groups in total. The summed E-state index contributed by atoms with van der Waals surface area (Å²) in [5, 5.41) is 16.9. The van der Waals surface area contributed by atoms with E-state index in [1.807, 2.05) is 64.2 Å². The Bertz CT molecular complexity index is 1070. The molecule has 0 aliphatic heterocycles. The van der Waals surface area contributed by atoms with E-state index in [0.29, 0.717) is 9.21 Å². The molecule has 31 heavy (non-hydrogen) atoms. The van der Waals surface area contributed by atoms with Crippen molar-refractivity contribution in [1.29, 1.82) is 0 Å². The molecule has 1 aromatic carbocycles. The lowest BCUT2D eigenvalue weighted by atomic mass is 10.0. The highest BCUT2D eigenvalue weighted by Crippen LogP contribution is 2.35. The largest absolute Gasteiger partial charge is 0.465 e. The van der Waals surface area contributed by atoms with E-state index in [1.54, 1.807) is 16.9 Å². The first-order valence-electron chi connectivity index (χ1n) is 9.72. The van der Waals surface area contributed by atoms with Gasteiger partial charge in [-0.05, 0) is 38.5 Å². The zero-order valence-electron chi connectivity index (χ0n) is 17.8. The molecule has 0 saturated carbocycles. The molecule has 0 saturated heterocycles. The fourth-order valence-electron chi connectivity index (χ4n) is 3.26. The smallest absolute Gasteiger partial charge is 0.407 e. The Morgan fingerprint density at radius 2 is 1.94 bits per heavy atom. The van der Waals surface area contributed by atoms with Gasteiger partial charge in [-0.1, -0.05) is 41.9 Å². The molecule has 2 aromatic heterocycles. The maximum Gasteiger partial charge on any atom is 0.407 e. The van der Waals surface area contributed by atoms with Crippen LogP contribution in [0.15, 0.2) is 48.7 Å². The van der Waals surface area contributed by atoms with Crippen LogP contribution in [0.25, 0.3) is 11.3 Å². The summed E-state index contributed by atoms with van der Waals surface area (Å²) in [5.74, 6) is -0.312. The van der Waals surface area contributed by atoms with E-state index in [2.05, 4.69) is 10.4 Å². The first-order valence-corrected chi connectivity index (χ1v) is 10.9. The number of nitrogens with one attached hydrogen (secondary N) is 1. The molecule has 1 atom stereocenters. The average Bonchev–Trinajstić information content (AvgIpc) is 3.29. The van der Waals surface area contributed by atoms with Crippen molar-refractivity contribution in [1.82, 2.24) is 20.0 Å². The number of aryl methyl sites for hydroxylation is 1. The Morgan fingerprint density at radius 3 is 2.48 bits per heavy atom. The predicted molar refractivity (Wildman–Crippen MR) is 123 cm³/mol. The number of carboxylic acid groups (broad SMARTS) is 1. The minimum absolute atomic E-state index is 0.113. The average molecular weight is 461 g/mol. The topological polar surface area (TPSA) is 87.5 Å². The summed E-state index contributed by atoms with van der Waals surface area (Å²) in [4.78, 5) is 26.7. The first-order chi connectivity index (χ1) is 14.6. The number of rotatable bonds is 6. The van der Waals surface area contributed by atoms with Gasteiger partial charge >= 0.3 is 6.09 Å². The van der Waals surface area contributed by atoms with Gasteiger partial charge in [-0.2, -0.15) is 5.10 Å². The van der Waals surface area contributed by atoms with Crippen molar-refractivity contribution in [3.8, 4) is 11.3 Å². The number of aromatic nitrogens is 2. The summed E-state index contributed by atoms with van der Waals surface area (Å²) < 4.78 is 2.18. The van der Waals surface area contributed by atoms with Crippen molar-refractivity contribution in [3.05, 3.63) is 63.4 Å². The highest BCUT2D eigenvalue weighted by molar-refractivity contribution is 7.18. The van der Waals surface area contributed by atoms with E-state index in [1.165, 1.54) is 16.2 Å². The van der Waals surface area contributed by atoms with Crippen LogP contribution >= 0.6 is 22.9 Å². The normalized spacial score (nSPS) is 12.4. The SMILES string of the molecule is Cn1nccc1-c1cc(C(=O)N[C@H](CN(C(=O)O)C(C)(C)C)c2ccccc2)sc1Cl. The van der Waals surface area contributed by atoms with Gasteiger partial charge in [-0.3, -0.25) is 9.48 Å². The van der Waals surface area contributed by atoms with Crippen LogP contribution in [-0.4, -0.2) is 43.9 Å². The number of amides is 2. The second-order valence-corrected chi connectivity index (χ2v) is 9.79. The minimum atomic E-state index is -1.04. The summed E-state index contributed by atoms with van der Waals surface area (Å²) in [6.45, 7) is 5.58. The minimum Gasteiger partial charge on any atom is -0.465 e. The van der Waals surface area contributed by atoms with Crippen molar-refractivity contribution >= 4 is 34.9 Å². The molecule has 2 amide bonds. The van der Waals surface area contributed by atoms with E-state index in [9.17, 15) is 14.7 Å². The van der Waals surface area contributed by atoms with E-state index in [0.717, 1.165) is 16.8 Å². The molecule has 0 aliphatic carbocycles. The summed E-state index contributed by atoms with van der Waals surface area (Å²) in [6, 6.07) is 12.4. The van der Waals surface area contributed by atoms with Crippen LogP contribution in [0.1, 0.15) is 42.0 Å². The Morgan fingerprint density at radius 1 is 1.26 bits per heavy atom. The lowest BCUT2D eigenvalue weighted by Gasteiger charge is -2.36. The standard InChI is InChI=1S/C22H25ClN4O3S/c1-22(2,3)27(21(29)30)13-16(14-8-6-5-7-9-14)25-20(28)18-12-15(19(23)31-18)17-10-11-24-26(17)4/h5-12,16H,13H2,1-4H3,(H,25,28)(H,29,30)/t16-/m1/s1. The highest BCUT2D eigenvalue weighted by Gasteiger charge is 2.30. The van der Waals surface area contributed by atoms with Crippen molar-refractivity contribution in [2.24, 2.45) is 7.05 Å². The van der Waals surface area contributed by atoms with Crippen LogP contribution in [0.2, 0.25) is 4.34 Å². The maximum atomic E-state index is 13.1. The van der Waals surface area contributed by atoms with Gasteiger partial charge in [0.1, 0.15) is 4.34 Å². The molecule has 0 spiro atoms. The third-order valence-corrected chi connectivity index (χ3v) is 6.28. The maximum absolute atomic E-state index is 13.1. The van der Waals surface area contributed by atoms with E-state index in [-0.39, 0.29) is 12.5 Å². The number of hydrogen-bond donors (Lipinski definition) is 2. The lowest BCUT2D eigenvalue weighted by Crippen LogP contribution is -2.49. The van der Waals surface area contributed by atoms with Gasteiger partial charge in [0, 0.05) is 30.9 Å². The Kier molecular flexibility index (Phi) is 6.71. The highest BCUT2D eigenvalue weighted by atomic mass is 35.5. The molecule has 9 heteroatoms. The van der Waals surface area contributed by atoms with Gasteiger partial charge in [0.15, 0.2) is 0 Å². The van der Waals surface area contributed by atoms with Crippen molar-refractivity contribution in [3.63, 3.8) is 0 Å². The van der Waals surface area contributed by atoms with Gasteiger partial charge in [-0.15, -0.1) is 11.3 Å². The Balaban J connectivity index is 1.89. The quantitative estimate of drug-likeness (QED) is 0.538. The van der Waals surface area contributed by atoms with Crippen LogP contribution in [0.4, 0.5) is 4.79 Å². The van der Waals surface area contributed by atoms with Crippen LogP contribution in [-0.2, 0) is 7.05 Å². The van der Waals surface area contributed by atoms with Gasteiger partial charge < -0.3 is 15.3 Å². The molecular weight excluding hydrogens is 436 g/mol. The number of benzene rings is 1. The van der Waals surface area contributed by atoms with E-state index < -0.39 is 17.7 Å². The van der Waals surface area contributed by atoms with Crippen molar-refractivity contribution in [2.45, 2.75) is 32.4 Å². The molecule has 0 unspecified atom stereocenters. The summed E-state index contributed by atoms with van der Waals surface area (Å²) >= 11 is 7.58. The molecular formula is C22H25ClN4O3S. The lowest BCUT2D eigenvalue weighted by molar-refractivity contribution is 0.0824. The van der Waals surface area contributed by atoms with Gasteiger partial charge in [-0.25, -0.2) is 4.79 Å². The second-order valence-electron chi connectivity index (χ2n) is 8.14. The number of carbonyl (C=O) groups is 2. The van der Waals surface area contributed by atoms with Crippen molar-refractivity contribution in [2.75, 3.05) is 6.54 Å². The molecule has 2 heterocycles. The molecule has 0 fully saturated rings. The third-order valence-electron chi connectivity index (χ3n) is 4.92. The van der Waals surface area contributed by atoms with Gasteiger partial charge in [0.2, 0.25) is 0 Å². The molecule has 3 aromatic rings. The molecule has 3 rings (SSSR count). The predicted octanol–water partition coefficient (Wildman–Crippen LogP) is 5.05. The fourth-order valence-corrected chi connectivity index (χ4v) is 4.46. The number of carbonyl (C=O) groups excluding carboxylic acids is 1. The number of nitrogens with zero attached hydrogens (tertiary/aromatic N) is 3. The van der Waals surface area contributed by atoms with Gasteiger partial charge in [0.25, 0.3) is 5.91 Å². The molecule has 0 bridgehead atoms. The Labute approximate surface area is 190 Å².